The Bertz CT molecular complexity index is 381. The molecule has 2 heterocycles. The second-order valence-corrected chi connectivity index (χ2v) is 4.66. The maximum absolute atomic E-state index is 4.73. The van der Waals surface area contributed by atoms with Crippen LogP contribution in [0.4, 0.5) is 5.82 Å². The van der Waals surface area contributed by atoms with Gasteiger partial charge in [0.2, 0.25) is 0 Å². The first-order valence-electron chi connectivity index (χ1n) is 6.16. The predicted molar refractivity (Wildman–Crippen MR) is 63.6 cm³/mol. The molecule has 4 nitrogen and oxygen atoms in total. The van der Waals surface area contributed by atoms with Crippen molar-refractivity contribution in [1.82, 2.24) is 15.3 Å². The third kappa shape index (κ3) is 1.57. The van der Waals surface area contributed by atoms with E-state index in [-0.39, 0.29) is 0 Å². The Kier molecular flexibility index (Phi) is 2.52. The molecule has 4 heteroatoms. The molecule has 16 heavy (non-hydrogen) atoms. The Balaban J connectivity index is 2.01. The van der Waals surface area contributed by atoms with Crippen LogP contribution < -0.4 is 10.6 Å². The second kappa shape index (κ2) is 4.01. The Morgan fingerprint density at radius 2 is 2.19 bits per heavy atom. The maximum atomic E-state index is 4.73. The van der Waals surface area contributed by atoms with Crippen LogP contribution in [-0.2, 0) is 13.0 Å². The maximum Gasteiger partial charge on any atom is 0.134 e. The molecule has 1 saturated carbocycles. The van der Waals surface area contributed by atoms with Crippen LogP contribution in [0.25, 0.3) is 0 Å². The van der Waals surface area contributed by atoms with Crippen LogP contribution >= 0.6 is 0 Å². The Morgan fingerprint density at radius 3 is 2.88 bits per heavy atom. The van der Waals surface area contributed by atoms with Gasteiger partial charge in [-0.15, -0.1) is 0 Å². The summed E-state index contributed by atoms with van der Waals surface area (Å²) in [4.78, 5) is 9.41. The monoisotopic (exact) mass is 218 g/mol. The van der Waals surface area contributed by atoms with Gasteiger partial charge in [-0.2, -0.15) is 0 Å². The highest BCUT2D eigenvalue weighted by molar-refractivity contribution is 5.47. The van der Waals surface area contributed by atoms with Gasteiger partial charge in [0.25, 0.3) is 0 Å². The predicted octanol–water partition coefficient (Wildman–Crippen LogP) is 1.43. The molecule has 0 spiro atoms. The van der Waals surface area contributed by atoms with E-state index < -0.39 is 0 Å². The summed E-state index contributed by atoms with van der Waals surface area (Å²) >= 11 is 0. The first-order valence-corrected chi connectivity index (χ1v) is 6.16. The number of rotatable bonds is 2. The zero-order valence-electron chi connectivity index (χ0n) is 9.71. The van der Waals surface area contributed by atoms with Crippen LogP contribution in [0, 0.1) is 0 Å². The SMILES string of the molecule is CNc1nc(C2CCC2)nc2c1CCNC2. The molecular weight excluding hydrogens is 200 g/mol. The van der Waals surface area contributed by atoms with Gasteiger partial charge in [0.05, 0.1) is 5.69 Å². The molecule has 0 radical (unpaired) electrons. The molecule has 1 fully saturated rings. The minimum Gasteiger partial charge on any atom is -0.373 e. The normalized spacial score (nSPS) is 20.1. The molecule has 0 amide bonds. The molecule has 0 atom stereocenters. The lowest BCUT2D eigenvalue weighted by molar-refractivity contribution is 0.399. The number of hydrogen-bond acceptors (Lipinski definition) is 4. The fourth-order valence-corrected chi connectivity index (χ4v) is 2.43. The summed E-state index contributed by atoms with van der Waals surface area (Å²) in [5.41, 5.74) is 2.51. The van der Waals surface area contributed by atoms with Crippen molar-refractivity contribution in [1.29, 1.82) is 0 Å². The van der Waals surface area contributed by atoms with E-state index in [1.807, 2.05) is 7.05 Å². The average Bonchev–Trinajstić information content (AvgIpc) is 2.25. The van der Waals surface area contributed by atoms with E-state index >= 15 is 0 Å². The van der Waals surface area contributed by atoms with E-state index in [4.69, 9.17) is 4.98 Å². The zero-order chi connectivity index (χ0) is 11.0. The molecule has 0 bridgehead atoms. The summed E-state index contributed by atoms with van der Waals surface area (Å²) in [5.74, 6) is 2.71. The Labute approximate surface area is 95.9 Å². The number of fused-ring (bicyclic) bond motifs is 1. The van der Waals surface area contributed by atoms with Gasteiger partial charge < -0.3 is 10.6 Å². The first-order chi connectivity index (χ1) is 7.88. The van der Waals surface area contributed by atoms with Gasteiger partial charge in [-0.3, -0.25) is 0 Å². The van der Waals surface area contributed by atoms with E-state index in [9.17, 15) is 0 Å². The topological polar surface area (TPSA) is 49.8 Å². The first kappa shape index (κ1) is 10.0. The van der Waals surface area contributed by atoms with Crippen molar-refractivity contribution >= 4 is 5.82 Å². The fourth-order valence-electron chi connectivity index (χ4n) is 2.43. The number of nitrogens with one attached hydrogen (secondary N) is 2. The molecule has 2 aliphatic rings. The van der Waals surface area contributed by atoms with Crippen LogP contribution in [0.3, 0.4) is 0 Å². The molecule has 0 saturated heterocycles. The van der Waals surface area contributed by atoms with E-state index in [2.05, 4.69) is 15.6 Å². The van der Waals surface area contributed by atoms with Crippen molar-refractivity contribution in [2.24, 2.45) is 0 Å². The number of nitrogens with zero attached hydrogens (tertiary/aromatic N) is 2. The van der Waals surface area contributed by atoms with Crippen molar-refractivity contribution in [3.05, 3.63) is 17.1 Å². The Morgan fingerprint density at radius 1 is 1.31 bits per heavy atom. The largest absolute Gasteiger partial charge is 0.373 e. The third-order valence-electron chi connectivity index (χ3n) is 3.66. The highest BCUT2D eigenvalue weighted by Crippen LogP contribution is 2.35. The molecule has 1 aromatic rings. The molecule has 0 unspecified atom stereocenters. The second-order valence-electron chi connectivity index (χ2n) is 4.66. The van der Waals surface area contributed by atoms with E-state index in [0.717, 1.165) is 31.2 Å². The van der Waals surface area contributed by atoms with E-state index in [1.54, 1.807) is 0 Å². The molecule has 0 aromatic carbocycles. The van der Waals surface area contributed by atoms with E-state index in [0.29, 0.717) is 5.92 Å². The van der Waals surface area contributed by atoms with Crippen molar-refractivity contribution in [2.45, 2.75) is 38.1 Å². The highest BCUT2D eigenvalue weighted by Gasteiger charge is 2.25. The van der Waals surface area contributed by atoms with Crippen molar-refractivity contribution < 1.29 is 0 Å². The van der Waals surface area contributed by atoms with Crippen LogP contribution in [-0.4, -0.2) is 23.6 Å². The lowest BCUT2D eigenvalue weighted by Gasteiger charge is -2.27. The molecule has 1 aromatic heterocycles. The Hall–Kier alpha value is -1.16. The number of anilines is 1. The summed E-state index contributed by atoms with van der Waals surface area (Å²) in [5, 5.41) is 6.60. The molecule has 1 aliphatic carbocycles. The van der Waals surface area contributed by atoms with Crippen molar-refractivity contribution in [3.8, 4) is 0 Å². The van der Waals surface area contributed by atoms with Gasteiger partial charge in [-0.05, 0) is 25.8 Å². The van der Waals surface area contributed by atoms with Crippen LogP contribution in [0.5, 0.6) is 0 Å². The van der Waals surface area contributed by atoms with Crippen LogP contribution in [0.15, 0.2) is 0 Å². The van der Waals surface area contributed by atoms with Gasteiger partial charge in [-0.1, -0.05) is 6.42 Å². The summed E-state index contributed by atoms with van der Waals surface area (Å²) < 4.78 is 0. The smallest absolute Gasteiger partial charge is 0.134 e. The van der Waals surface area contributed by atoms with Crippen LogP contribution in [0.1, 0.15) is 42.3 Å². The quantitative estimate of drug-likeness (QED) is 0.788. The average molecular weight is 218 g/mol. The number of aromatic nitrogens is 2. The van der Waals surface area contributed by atoms with Gasteiger partial charge in [-0.25, -0.2) is 9.97 Å². The highest BCUT2D eigenvalue weighted by atomic mass is 15.0. The minimum absolute atomic E-state index is 0.610. The number of hydrogen-bond donors (Lipinski definition) is 2. The van der Waals surface area contributed by atoms with Crippen molar-refractivity contribution in [2.75, 3.05) is 18.9 Å². The van der Waals surface area contributed by atoms with E-state index in [1.165, 1.54) is 30.5 Å². The van der Waals surface area contributed by atoms with Gasteiger partial charge in [0, 0.05) is 25.1 Å². The van der Waals surface area contributed by atoms with Crippen LogP contribution in [0.2, 0.25) is 0 Å². The lowest BCUT2D eigenvalue weighted by Crippen LogP contribution is -2.27. The lowest BCUT2D eigenvalue weighted by atomic mass is 9.84. The summed E-state index contributed by atoms with van der Waals surface area (Å²) in [6, 6.07) is 0. The fraction of sp³-hybridized carbons (Fsp3) is 0.667. The molecule has 86 valence electrons. The van der Waals surface area contributed by atoms with Gasteiger partial charge in [0.15, 0.2) is 0 Å². The molecular formula is C12H18N4. The zero-order valence-corrected chi connectivity index (χ0v) is 9.71. The third-order valence-corrected chi connectivity index (χ3v) is 3.66. The minimum atomic E-state index is 0.610. The van der Waals surface area contributed by atoms with Gasteiger partial charge >= 0.3 is 0 Å². The standard InChI is InChI=1S/C12H18N4/c1-13-12-9-5-6-14-7-10(9)15-11(16-12)8-3-2-4-8/h8,14H,2-7H2,1H3,(H,13,15,16). The molecule has 2 N–H and O–H groups in total. The molecule has 1 aliphatic heterocycles. The van der Waals surface area contributed by atoms with Crippen molar-refractivity contribution in [3.63, 3.8) is 0 Å². The summed E-state index contributed by atoms with van der Waals surface area (Å²) in [6.45, 7) is 1.93. The summed E-state index contributed by atoms with van der Waals surface area (Å²) in [6.07, 6.45) is 4.89. The molecule has 3 rings (SSSR count). The summed E-state index contributed by atoms with van der Waals surface area (Å²) in [7, 11) is 1.95. The van der Waals surface area contributed by atoms with Gasteiger partial charge in [0.1, 0.15) is 11.6 Å².